The molecule has 1 aromatic heterocycles. The summed E-state index contributed by atoms with van der Waals surface area (Å²) in [6.45, 7) is 0. The highest BCUT2D eigenvalue weighted by atomic mass is 16.3. The van der Waals surface area contributed by atoms with Gasteiger partial charge < -0.3 is 4.42 Å². The normalized spacial score (nSPS) is 13.7. The first-order valence-electron chi connectivity index (χ1n) is 19.8. The Bertz CT molecular complexity index is 3260. The fourth-order valence-corrected chi connectivity index (χ4v) is 7.27. The number of benzene rings is 9. The van der Waals surface area contributed by atoms with Gasteiger partial charge in [0.25, 0.3) is 0 Å². The van der Waals surface area contributed by atoms with E-state index in [4.69, 9.17) is 7.16 Å². The third-order valence-electron chi connectivity index (χ3n) is 9.48. The van der Waals surface area contributed by atoms with Gasteiger partial charge in [0.15, 0.2) is 0 Å². The van der Waals surface area contributed by atoms with Crippen molar-refractivity contribution in [2.24, 2.45) is 0 Å². The van der Waals surface area contributed by atoms with Gasteiger partial charge in [-0.25, -0.2) is 0 Å². The Morgan fingerprint density at radius 1 is 0.408 bits per heavy atom. The Labute approximate surface area is 294 Å². The second kappa shape index (κ2) is 11.1. The van der Waals surface area contributed by atoms with Gasteiger partial charge in [-0.05, 0) is 95.7 Å². The summed E-state index contributed by atoms with van der Waals surface area (Å²) in [5.74, 6) is 0. The second-order valence-electron chi connectivity index (χ2n) is 12.3. The van der Waals surface area contributed by atoms with Gasteiger partial charge in [-0.15, -0.1) is 0 Å². The fraction of sp³-hybridized carbons (Fsp3) is 0. The summed E-state index contributed by atoms with van der Waals surface area (Å²) in [5, 5.41) is 4.50. The largest absolute Gasteiger partial charge is 0.455 e. The SMILES string of the molecule is [2H]c1c([2H])c([2H])c2c(-c3cccc4oc5c6ccccc6ccc5c34)c3c([2H])c([2H])c(-c4ccccc4)c([2H])c3c(-c3cccc(-c4ccccc4)c3)c2c1[2H]. The molecule has 0 fully saturated rings. The van der Waals surface area contributed by atoms with Crippen molar-refractivity contribution in [2.45, 2.75) is 0 Å². The lowest BCUT2D eigenvalue weighted by atomic mass is 9.83. The third kappa shape index (κ3) is 4.40. The van der Waals surface area contributed by atoms with Crippen molar-refractivity contribution in [1.82, 2.24) is 0 Å². The quantitative estimate of drug-likeness (QED) is 0.177. The first-order chi connectivity index (χ1) is 27.2. The molecule has 0 bridgehead atoms. The minimum Gasteiger partial charge on any atom is -0.455 e. The lowest BCUT2D eigenvalue weighted by Crippen LogP contribution is -1.92. The van der Waals surface area contributed by atoms with E-state index in [0.29, 0.717) is 49.8 Å². The van der Waals surface area contributed by atoms with E-state index in [9.17, 15) is 6.85 Å². The Morgan fingerprint density at radius 2 is 1.06 bits per heavy atom. The van der Waals surface area contributed by atoms with Gasteiger partial charge in [-0.2, -0.15) is 0 Å². The standard InChI is InChI=1S/C48H30O/c1-3-13-31(14-4-1)34-18-11-19-36(29-34)45-38-21-9-10-22-39(38)46(40-27-26-35(30-43(40)45)32-15-5-2-6-16-32)41-23-12-24-44-47(41)42-28-25-33-17-7-8-20-37(33)48(42)49-44/h1-30H/i9D,10D,21D,22D,26D,27D,30D. The summed E-state index contributed by atoms with van der Waals surface area (Å²) in [6.07, 6.45) is 0. The number of furan rings is 1. The molecule has 0 saturated carbocycles. The lowest BCUT2D eigenvalue weighted by Gasteiger charge is -2.19. The number of rotatable bonds is 4. The maximum atomic E-state index is 10.0. The molecule has 0 amide bonds. The van der Waals surface area contributed by atoms with E-state index >= 15 is 0 Å². The van der Waals surface area contributed by atoms with E-state index in [1.54, 1.807) is 0 Å². The Kier molecular flexibility index (Phi) is 4.85. The van der Waals surface area contributed by atoms with Crippen LogP contribution in [0.5, 0.6) is 0 Å². The molecule has 0 aliphatic rings. The van der Waals surface area contributed by atoms with Gasteiger partial charge in [0.05, 0.1) is 9.60 Å². The molecule has 0 aliphatic carbocycles. The summed E-state index contributed by atoms with van der Waals surface area (Å²) < 4.78 is 73.0. The number of hydrogen-bond acceptors (Lipinski definition) is 1. The minimum atomic E-state index is -0.410. The summed E-state index contributed by atoms with van der Waals surface area (Å²) in [5.41, 5.74) is 5.94. The van der Waals surface area contributed by atoms with E-state index in [-0.39, 0.29) is 51.9 Å². The van der Waals surface area contributed by atoms with Crippen LogP contribution in [0, 0.1) is 0 Å². The van der Waals surface area contributed by atoms with Crippen LogP contribution in [-0.4, -0.2) is 0 Å². The van der Waals surface area contributed by atoms with Crippen molar-refractivity contribution in [3.63, 3.8) is 0 Å². The van der Waals surface area contributed by atoms with Gasteiger partial charge in [0, 0.05) is 16.2 Å². The molecule has 49 heavy (non-hydrogen) atoms. The first-order valence-corrected chi connectivity index (χ1v) is 16.3. The smallest absolute Gasteiger partial charge is 0.143 e. The predicted octanol–water partition coefficient (Wildman–Crippen LogP) is 13.7. The summed E-state index contributed by atoms with van der Waals surface area (Å²) in [7, 11) is 0. The molecule has 1 heteroatoms. The van der Waals surface area contributed by atoms with Gasteiger partial charge in [-0.1, -0.05) is 158 Å². The molecule has 10 aromatic rings. The highest BCUT2D eigenvalue weighted by Gasteiger charge is 2.21. The van der Waals surface area contributed by atoms with E-state index in [2.05, 4.69) is 0 Å². The predicted molar refractivity (Wildman–Crippen MR) is 208 cm³/mol. The summed E-state index contributed by atoms with van der Waals surface area (Å²) >= 11 is 0. The van der Waals surface area contributed by atoms with E-state index in [1.165, 1.54) is 0 Å². The van der Waals surface area contributed by atoms with Gasteiger partial charge >= 0.3 is 0 Å². The van der Waals surface area contributed by atoms with E-state index in [1.807, 2.05) is 140 Å². The van der Waals surface area contributed by atoms with Crippen LogP contribution in [0.15, 0.2) is 186 Å². The Balaban J connectivity index is 1.47. The van der Waals surface area contributed by atoms with Crippen LogP contribution < -0.4 is 0 Å². The van der Waals surface area contributed by atoms with Crippen LogP contribution in [-0.2, 0) is 0 Å². The summed E-state index contributed by atoms with van der Waals surface area (Å²) in [6, 6.07) is 42.8. The molecule has 0 radical (unpaired) electrons. The molecule has 10 rings (SSSR count). The average molecular weight is 630 g/mol. The van der Waals surface area contributed by atoms with Crippen LogP contribution in [0.2, 0.25) is 0 Å². The maximum absolute atomic E-state index is 10.0. The molecule has 0 spiro atoms. The van der Waals surface area contributed by atoms with Gasteiger partial charge in [0.1, 0.15) is 11.2 Å². The molecular weight excluding hydrogens is 593 g/mol. The van der Waals surface area contributed by atoms with Crippen molar-refractivity contribution in [1.29, 1.82) is 0 Å². The maximum Gasteiger partial charge on any atom is 0.143 e. The van der Waals surface area contributed by atoms with E-state index in [0.717, 1.165) is 27.3 Å². The minimum absolute atomic E-state index is 0.00176. The van der Waals surface area contributed by atoms with Crippen LogP contribution in [0.1, 0.15) is 9.60 Å². The molecule has 0 saturated heterocycles. The van der Waals surface area contributed by atoms with Gasteiger partial charge in [0.2, 0.25) is 0 Å². The fourth-order valence-electron chi connectivity index (χ4n) is 7.27. The lowest BCUT2D eigenvalue weighted by molar-refractivity contribution is 0.673. The molecule has 1 heterocycles. The molecule has 9 aromatic carbocycles. The zero-order chi connectivity index (χ0) is 38.4. The number of hydrogen-bond donors (Lipinski definition) is 0. The number of fused-ring (bicyclic) bond motifs is 7. The Hall–Kier alpha value is -6.44. The molecule has 228 valence electrons. The zero-order valence-electron chi connectivity index (χ0n) is 33.2. The zero-order valence-corrected chi connectivity index (χ0v) is 26.2. The molecule has 1 nitrogen and oxygen atoms in total. The molecule has 0 aliphatic heterocycles. The third-order valence-corrected chi connectivity index (χ3v) is 9.48. The molecule has 0 atom stereocenters. The first kappa shape index (κ1) is 21.4. The Morgan fingerprint density at radius 3 is 1.88 bits per heavy atom. The van der Waals surface area contributed by atoms with Crippen molar-refractivity contribution in [3.05, 3.63) is 182 Å². The van der Waals surface area contributed by atoms with Gasteiger partial charge in [-0.3, -0.25) is 0 Å². The van der Waals surface area contributed by atoms with Crippen molar-refractivity contribution in [3.8, 4) is 44.5 Å². The highest BCUT2D eigenvalue weighted by Crippen LogP contribution is 2.48. The summed E-state index contributed by atoms with van der Waals surface area (Å²) in [4.78, 5) is 0. The second-order valence-corrected chi connectivity index (χ2v) is 12.3. The highest BCUT2D eigenvalue weighted by molar-refractivity contribution is 6.27. The van der Waals surface area contributed by atoms with Crippen molar-refractivity contribution < 1.29 is 14.0 Å². The topological polar surface area (TPSA) is 13.1 Å². The van der Waals surface area contributed by atoms with Crippen molar-refractivity contribution >= 4 is 54.3 Å². The van der Waals surface area contributed by atoms with Crippen LogP contribution in [0.25, 0.3) is 98.8 Å². The molecule has 0 unspecified atom stereocenters. The average Bonchev–Trinajstić information content (AvgIpc) is 3.64. The van der Waals surface area contributed by atoms with Crippen LogP contribution in [0.3, 0.4) is 0 Å². The monoisotopic (exact) mass is 629 g/mol. The van der Waals surface area contributed by atoms with E-state index < -0.39 is 12.1 Å². The molecular formula is C48H30O. The van der Waals surface area contributed by atoms with Crippen molar-refractivity contribution in [2.75, 3.05) is 0 Å². The van der Waals surface area contributed by atoms with Crippen LogP contribution >= 0.6 is 0 Å². The molecule has 0 N–H and O–H groups in total. The van der Waals surface area contributed by atoms with Crippen LogP contribution in [0.4, 0.5) is 0 Å².